The Balaban J connectivity index is 1.89. The molecular formula is C34H44N2O4. The molecule has 0 bridgehead atoms. The minimum atomic E-state index is -0.620. The number of nitrogens with one attached hydrogen (secondary N) is 1. The highest BCUT2D eigenvalue weighted by Gasteiger charge is 2.30. The van der Waals surface area contributed by atoms with Gasteiger partial charge in [0.15, 0.2) is 11.5 Å². The number of carbonyl (C=O) groups is 2. The van der Waals surface area contributed by atoms with E-state index in [4.69, 9.17) is 9.47 Å². The van der Waals surface area contributed by atoms with Crippen LogP contribution in [0.2, 0.25) is 0 Å². The van der Waals surface area contributed by atoms with E-state index in [2.05, 4.69) is 12.2 Å². The molecule has 40 heavy (non-hydrogen) atoms. The lowest BCUT2D eigenvalue weighted by Gasteiger charge is -2.32. The summed E-state index contributed by atoms with van der Waals surface area (Å²) in [7, 11) is 0. The summed E-state index contributed by atoms with van der Waals surface area (Å²) in [5.41, 5.74) is 4.14. The van der Waals surface area contributed by atoms with Gasteiger partial charge in [0.25, 0.3) is 0 Å². The van der Waals surface area contributed by atoms with Gasteiger partial charge in [0, 0.05) is 25.9 Å². The van der Waals surface area contributed by atoms with Crippen LogP contribution in [0.15, 0.2) is 72.8 Å². The molecule has 3 rings (SSSR count). The second kappa shape index (κ2) is 16.3. The van der Waals surface area contributed by atoms with Crippen LogP contribution in [0.3, 0.4) is 0 Å². The van der Waals surface area contributed by atoms with Crippen molar-refractivity contribution in [3.63, 3.8) is 0 Å². The van der Waals surface area contributed by atoms with E-state index < -0.39 is 6.04 Å². The van der Waals surface area contributed by atoms with Gasteiger partial charge in [-0.3, -0.25) is 9.59 Å². The fourth-order valence-electron chi connectivity index (χ4n) is 4.68. The topological polar surface area (TPSA) is 67.9 Å². The van der Waals surface area contributed by atoms with Gasteiger partial charge >= 0.3 is 0 Å². The Kier molecular flexibility index (Phi) is 12.6. The smallest absolute Gasteiger partial charge is 0.243 e. The van der Waals surface area contributed by atoms with Crippen LogP contribution in [0.4, 0.5) is 0 Å². The predicted octanol–water partition coefficient (Wildman–Crippen LogP) is 6.28. The van der Waals surface area contributed by atoms with Gasteiger partial charge in [-0.25, -0.2) is 0 Å². The molecule has 2 amide bonds. The van der Waals surface area contributed by atoms with E-state index in [1.54, 1.807) is 4.90 Å². The number of benzene rings is 3. The quantitative estimate of drug-likeness (QED) is 0.216. The summed E-state index contributed by atoms with van der Waals surface area (Å²) in [6.07, 6.45) is 3.15. The number of ether oxygens (including phenoxy) is 2. The molecule has 0 aliphatic heterocycles. The highest BCUT2D eigenvalue weighted by molar-refractivity contribution is 5.88. The Bertz CT molecular complexity index is 1210. The maximum Gasteiger partial charge on any atom is 0.243 e. The lowest BCUT2D eigenvalue weighted by Crippen LogP contribution is -2.50. The van der Waals surface area contributed by atoms with Crippen molar-refractivity contribution in [2.24, 2.45) is 0 Å². The second-order valence-electron chi connectivity index (χ2n) is 9.95. The molecule has 6 nitrogen and oxygen atoms in total. The number of amides is 2. The van der Waals surface area contributed by atoms with E-state index >= 15 is 0 Å². The third kappa shape index (κ3) is 9.15. The number of nitrogens with zero attached hydrogens (tertiary/aromatic N) is 1. The van der Waals surface area contributed by atoms with Crippen molar-refractivity contribution in [3.8, 4) is 11.5 Å². The lowest BCUT2D eigenvalue weighted by molar-refractivity contribution is -0.141. The highest BCUT2D eigenvalue weighted by Crippen LogP contribution is 2.29. The van der Waals surface area contributed by atoms with Crippen LogP contribution in [0.25, 0.3) is 0 Å². The summed E-state index contributed by atoms with van der Waals surface area (Å²) in [5.74, 6) is 1.22. The molecule has 1 atom stereocenters. The van der Waals surface area contributed by atoms with Crippen LogP contribution >= 0.6 is 0 Å². The standard InChI is InChI=1S/C34H44N2O4/c1-5-8-22-35-34(38)30(23-27-15-10-9-11-16-27)36(25-29-17-13-12-14-26(29)4)33(37)21-19-28-18-20-31(39-6-2)32(24-28)40-7-3/h9-18,20,24,30H,5-8,19,21-23,25H2,1-4H3,(H,35,38)/t30-/m0/s1. The van der Waals surface area contributed by atoms with Gasteiger partial charge in [0.05, 0.1) is 13.2 Å². The van der Waals surface area contributed by atoms with E-state index in [1.807, 2.05) is 93.6 Å². The molecule has 0 aliphatic rings. The van der Waals surface area contributed by atoms with Crippen molar-refractivity contribution < 1.29 is 19.1 Å². The van der Waals surface area contributed by atoms with Gasteiger partial charge < -0.3 is 19.7 Å². The first-order valence-electron chi connectivity index (χ1n) is 14.5. The van der Waals surface area contributed by atoms with Crippen LogP contribution in [0.5, 0.6) is 11.5 Å². The zero-order valence-electron chi connectivity index (χ0n) is 24.4. The average Bonchev–Trinajstić information content (AvgIpc) is 2.96. The number of unbranched alkanes of at least 4 members (excludes halogenated alkanes) is 1. The zero-order valence-corrected chi connectivity index (χ0v) is 24.4. The molecule has 0 fully saturated rings. The minimum absolute atomic E-state index is 0.0540. The van der Waals surface area contributed by atoms with E-state index in [0.717, 1.165) is 35.1 Å². The predicted molar refractivity (Wildman–Crippen MR) is 161 cm³/mol. The molecular weight excluding hydrogens is 500 g/mol. The molecule has 0 saturated carbocycles. The Morgan fingerprint density at radius 3 is 2.25 bits per heavy atom. The lowest BCUT2D eigenvalue weighted by atomic mass is 10.00. The maximum absolute atomic E-state index is 14.0. The zero-order chi connectivity index (χ0) is 28.7. The molecule has 0 heterocycles. The first-order chi connectivity index (χ1) is 19.5. The largest absolute Gasteiger partial charge is 0.490 e. The average molecular weight is 545 g/mol. The van der Waals surface area contributed by atoms with Crippen LogP contribution in [0, 0.1) is 6.92 Å². The third-order valence-electron chi connectivity index (χ3n) is 6.94. The molecule has 0 unspecified atom stereocenters. The fourth-order valence-corrected chi connectivity index (χ4v) is 4.68. The third-order valence-corrected chi connectivity index (χ3v) is 6.94. The molecule has 0 saturated heterocycles. The SMILES string of the molecule is CCCCNC(=O)[C@H](Cc1ccccc1)N(Cc1ccccc1C)C(=O)CCc1ccc(OCC)c(OCC)c1. The van der Waals surface area contributed by atoms with Crippen molar-refractivity contribution in [3.05, 3.63) is 95.1 Å². The van der Waals surface area contributed by atoms with Crippen LogP contribution < -0.4 is 14.8 Å². The van der Waals surface area contributed by atoms with E-state index in [1.165, 1.54) is 0 Å². The number of aryl methyl sites for hydroxylation is 2. The van der Waals surface area contributed by atoms with Gasteiger partial charge in [-0.1, -0.05) is 74.0 Å². The van der Waals surface area contributed by atoms with Gasteiger partial charge in [-0.2, -0.15) is 0 Å². The summed E-state index contributed by atoms with van der Waals surface area (Å²) in [6, 6.07) is 23.2. The highest BCUT2D eigenvalue weighted by atomic mass is 16.5. The maximum atomic E-state index is 14.0. The molecule has 0 spiro atoms. The first-order valence-corrected chi connectivity index (χ1v) is 14.5. The van der Waals surface area contributed by atoms with Crippen molar-refractivity contribution in [2.45, 2.75) is 72.4 Å². The van der Waals surface area contributed by atoms with Gasteiger partial charge in [0.2, 0.25) is 11.8 Å². The minimum Gasteiger partial charge on any atom is -0.490 e. The van der Waals surface area contributed by atoms with Gasteiger partial charge in [0.1, 0.15) is 6.04 Å². The van der Waals surface area contributed by atoms with Crippen LogP contribution in [0.1, 0.15) is 62.3 Å². The van der Waals surface area contributed by atoms with Crippen molar-refractivity contribution in [1.29, 1.82) is 0 Å². The summed E-state index contributed by atoms with van der Waals surface area (Å²) >= 11 is 0. The Morgan fingerprint density at radius 2 is 1.55 bits per heavy atom. The summed E-state index contributed by atoms with van der Waals surface area (Å²) in [5, 5.41) is 3.09. The van der Waals surface area contributed by atoms with Gasteiger partial charge in [-0.05, 0) is 68.0 Å². The number of carbonyl (C=O) groups excluding carboxylic acids is 2. The van der Waals surface area contributed by atoms with Crippen LogP contribution in [-0.2, 0) is 29.0 Å². The van der Waals surface area contributed by atoms with Crippen molar-refractivity contribution in [2.75, 3.05) is 19.8 Å². The molecule has 0 aliphatic carbocycles. The Morgan fingerprint density at radius 1 is 0.850 bits per heavy atom. The summed E-state index contributed by atoms with van der Waals surface area (Å²) < 4.78 is 11.5. The van der Waals surface area contributed by atoms with Crippen LogP contribution in [-0.4, -0.2) is 42.5 Å². The normalized spacial score (nSPS) is 11.5. The number of rotatable bonds is 16. The van der Waals surface area contributed by atoms with Crippen molar-refractivity contribution >= 4 is 11.8 Å². The molecule has 6 heteroatoms. The molecule has 3 aromatic rings. The Hall–Kier alpha value is -3.80. The fraction of sp³-hybridized carbons (Fsp3) is 0.412. The second-order valence-corrected chi connectivity index (χ2v) is 9.95. The Labute approximate surface area is 239 Å². The molecule has 1 N–H and O–H groups in total. The van der Waals surface area contributed by atoms with E-state index in [9.17, 15) is 9.59 Å². The van der Waals surface area contributed by atoms with E-state index in [0.29, 0.717) is 50.6 Å². The molecule has 0 radical (unpaired) electrons. The molecule has 0 aromatic heterocycles. The number of hydrogen-bond donors (Lipinski definition) is 1. The number of hydrogen-bond acceptors (Lipinski definition) is 4. The van der Waals surface area contributed by atoms with E-state index in [-0.39, 0.29) is 18.2 Å². The molecule has 214 valence electrons. The van der Waals surface area contributed by atoms with Crippen molar-refractivity contribution in [1.82, 2.24) is 10.2 Å². The summed E-state index contributed by atoms with van der Waals surface area (Å²) in [4.78, 5) is 29.3. The monoisotopic (exact) mass is 544 g/mol. The first kappa shape index (κ1) is 30.7. The van der Waals surface area contributed by atoms with Gasteiger partial charge in [-0.15, -0.1) is 0 Å². The molecule has 3 aromatic carbocycles. The summed E-state index contributed by atoms with van der Waals surface area (Å²) in [6.45, 7) is 10.1.